The molecule has 0 spiro atoms. The zero-order valence-corrected chi connectivity index (χ0v) is 13.9. The van der Waals surface area contributed by atoms with Gasteiger partial charge in [0.25, 0.3) is 0 Å². The van der Waals surface area contributed by atoms with Crippen molar-refractivity contribution in [3.8, 4) is 0 Å². The predicted molar refractivity (Wildman–Crippen MR) is 83.9 cm³/mol. The third-order valence-corrected chi connectivity index (χ3v) is 5.71. The first-order chi connectivity index (χ1) is 9.75. The quantitative estimate of drug-likeness (QED) is 0.909. The molecule has 1 aliphatic rings. The third kappa shape index (κ3) is 3.53. The van der Waals surface area contributed by atoms with Crippen LogP contribution in [-0.2, 0) is 10.0 Å². The number of aromatic nitrogens is 1. The minimum Gasteiger partial charge on any atom is -0.373 e. The molecule has 1 aromatic rings. The van der Waals surface area contributed by atoms with E-state index in [0.29, 0.717) is 23.8 Å². The highest BCUT2D eigenvalue weighted by atomic mass is 32.2. The van der Waals surface area contributed by atoms with E-state index < -0.39 is 10.0 Å². The second-order valence-electron chi connectivity index (χ2n) is 6.19. The lowest BCUT2D eigenvalue weighted by Crippen LogP contribution is -2.54. The molecule has 7 heteroatoms. The molecule has 0 aliphatic carbocycles. The van der Waals surface area contributed by atoms with Crippen molar-refractivity contribution in [2.24, 2.45) is 0 Å². The van der Waals surface area contributed by atoms with Gasteiger partial charge in [-0.05, 0) is 26.8 Å². The number of hydrogen-bond acceptors (Lipinski definition) is 5. The van der Waals surface area contributed by atoms with E-state index in [-0.39, 0.29) is 5.54 Å². The van der Waals surface area contributed by atoms with Crippen LogP contribution in [-0.4, -0.2) is 61.4 Å². The fourth-order valence-corrected chi connectivity index (χ4v) is 3.89. The Balaban J connectivity index is 2.15. The molecule has 1 aromatic heterocycles. The Morgan fingerprint density at radius 1 is 1.19 bits per heavy atom. The van der Waals surface area contributed by atoms with Crippen LogP contribution < -0.4 is 5.32 Å². The van der Waals surface area contributed by atoms with Gasteiger partial charge >= 0.3 is 0 Å². The first-order valence-electron chi connectivity index (χ1n) is 7.14. The van der Waals surface area contributed by atoms with E-state index in [1.165, 1.54) is 6.20 Å². The number of piperazine rings is 1. The molecule has 6 nitrogen and oxygen atoms in total. The van der Waals surface area contributed by atoms with Crippen molar-refractivity contribution >= 4 is 15.8 Å². The van der Waals surface area contributed by atoms with E-state index in [1.807, 2.05) is 0 Å². The topological polar surface area (TPSA) is 65.5 Å². The summed E-state index contributed by atoms with van der Waals surface area (Å²) in [6.07, 6.45) is 1.52. The predicted octanol–water partition coefficient (Wildman–Crippen LogP) is 1.23. The van der Waals surface area contributed by atoms with E-state index in [1.54, 1.807) is 23.5 Å². The van der Waals surface area contributed by atoms with Crippen LogP contribution in [0.15, 0.2) is 23.2 Å². The molecule has 0 radical (unpaired) electrons. The smallest absolute Gasteiger partial charge is 0.243 e. The van der Waals surface area contributed by atoms with E-state index in [9.17, 15) is 8.42 Å². The summed E-state index contributed by atoms with van der Waals surface area (Å²) in [5, 5.41) is 2.87. The molecule has 2 rings (SSSR count). The maximum absolute atomic E-state index is 12.7. The number of nitrogens with zero attached hydrogens (tertiary/aromatic N) is 3. The van der Waals surface area contributed by atoms with Gasteiger partial charge in [0, 0.05) is 51.0 Å². The minimum absolute atomic E-state index is 0.0752. The molecule has 2 heterocycles. The summed E-state index contributed by atoms with van der Waals surface area (Å²) in [6, 6.07) is 3.12. The average molecular weight is 312 g/mol. The van der Waals surface area contributed by atoms with Crippen molar-refractivity contribution in [3.05, 3.63) is 18.3 Å². The van der Waals surface area contributed by atoms with Gasteiger partial charge in [0.05, 0.1) is 4.90 Å². The fourth-order valence-electron chi connectivity index (χ4n) is 2.46. The van der Waals surface area contributed by atoms with Gasteiger partial charge in [-0.15, -0.1) is 0 Å². The molecular formula is C14H24N4O2S. The largest absolute Gasteiger partial charge is 0.373 e. The number of rotatable bonds is 3. The normalized spacial score (nSPS) is 18.7. The van der Waals surface area contributed by atoms with E-state index in [4.69, 9.17) is 0 Å². The summed E-state index contributed by atoms with van der Waals surface area (Å²) in [5.41, 5.74) is 0.0752. The van der Waals surface area contributed by atoms with E-state index >= 15 is 0 Å². The van der Waals surface area contributed by atoms with Crippen molar-refractivity contribution in [1.82, 2.24) is 14.2 Å². The molecule has 0 atom stereocenters. The molecule has 1 N–H and O–H groups in total. The minimum atomic E-state index is -3.44. The number of nitrogens with one attached hydrogen (secondary N) is 1. The number of hydrogen-bond donors (Lipinski definition) is 1. The summed E-state index contributed by atoms with van der Waals surface area (Å²) in [6.45, 7) is 9.02. The second-order valence-corrected chi connectivity index (χ2v) is 8.13. The van der Waals surface area contributed by atoms with Crippen molar-refractivity contribution in [3.63, 3.8) is 0 Å². The molecule has 0 amide bonds. The SMILES string of the molecule is CNc1cc(S(=O)(=O)N2CCN(C(C)(C)C)CC2)ccn1. The molecular weight excluding hydrogens is 288 g/mol. The summed E-state index contributed by atoms with van der Waals surface area (Å²) >= 11 is 0. The highest BCUT2D eigenvalue weighted by Gasteiger charge is 2.32. The van der Waals surface area contributed by atoms with Crippen molar-refractivity contribution in [2.75, 3.05) is 38.5 Å². The van der Waals surface area contributed by atoms with Crippen LogP contribution in [0, 0.1) is 0 Å². The van der Waals surface area contributed by atoms with Gasteiger partial charge in [-0.25, -0.2) is 13.4 Å². The summed E-state index contributed by atoms with van der Waals surface area (Å²) in [4.78, 5) is 6.67. The second kappa shape index (κ2) is 5.90. The first-order valence-corrected chi connectivity index (χ1v) is 8.58. The molecule has 1 fully saturated rings. The van der Waals surface area contributed by atoms with Crippen LogP contribution in [0.25, 0.3) is 0 Å². The standard InChI is InChI=1S/C14H24N4O2S/c1-14(2,3)17-7-9-18(10-8-17)21(19,20)12-5-6-16-13(11-12)15-4/h5-6,11H,7-10H2,1-4H3,(H,15,16). The lowest BCUT2D eigenvalue weighted by Gasteiger charge is -2.41. The molecule has 1 aliphatic heterocycles. The van der Waals surface area contributed by atoms with Gasteiger partial charge in [0.2, 0.25) is 10.0 Å². The number of pyridine rings is 1. The van der Waals surface area contributed by atoms with Crippen molar-refractivity contribution in [2.45, 2.75) is 31.2 Å². The molecule has 0 aromatic carbocycles. The fraction of sp³-hybridized carbons (Fsp3) is 0.643. The van der Waals surface area contributed by atoms with Crippen molar-refractivity contribution in [1.29, 1.82) is 0 Å². The monoisotopic (exact) mass is 312 g/mol. The highest BCUT2D eigenvalue weighted by Crippen LogP contribution is 2.22. The highest BCUT2D eigenvalue weighted by molar-refractivity contribution is 7.89. The maximum Gasteiger partial charge on any atom is 0.243 e. The Bertz CT molecular complexity index is 587. The van der Waals surface area contributed by atoms with Gasteiger partial charge < -0.3 is 5.32 Å². The van der Waals surface area contributed by atoms with Gasteiger partial charge in [-0.2, -0.15) is 4.31 Å². The Labute approximate surface area is 127 Å². The first kappa shape index (κ1) is 16.2. The molecule has 1 saturated heterocycles. The number of anilines is 1. The molecule has 118 valence electrons. The van der Waals surface area contributed by atoms with Crippen LogP contribution in [0.2, 0.25) is 0 Å². The van der Waals surface area contributed by atoms with Crippen LogP contribution in [0.1, 0.15) is 20.8 Å². The van der Waals surface area contributed by atoms with Gasteiger partial charge in [0.15, 0.2) is 0 Å². The lowest BCUT2D eigenvalue weighted by molar-refractivity contribution is 0.0922. The molecule has 21 heavy (non-hydrogen) atoms. The summed E-state index contributed by atoms with van der Waals surface area (Å²) in [7, 11) is -1.71. The molecule has 0 unspecified atom stereocenters. The van der Waals surface area contributed by atoms with Crippen molar-refractivity contribution < 1.29 is 8.42 Å². The Hall–Kier alpha value is -1.18. The zero-order valence-electron chi connectivity index (χ0n) is 13.1. The Morgan fingerprint density at radius 3 is 2.33 bits per heavy atom. The van der Waals surface area contributed by atoms with Gasteiger partial charge in [-0.3, -0.25) is 4.90 Å². The van der Waals surface area contributed by atoms with Crippen LogP contribution >= 0.6 is 0 Å². The summed E-state index contributed by atoms with van der Waals surface area (Å²) < 4.78 is 26.9. The number of sulfonamides is 1. The van der Waals surface area contributed by atoms with Crippen LogP contribution in [0.5, 0.6) is 0 Å². The maximum atomic E-state index is 12.7. The summed E-state index contributed by atoms with van der Waals surface area (Å²) in [5.74, 6) is 0.560. The Morgan fingerprint density at radius 2 is 1.81 bits per heavy atom. The zero-order chi connectivity index (χ0) is 15.7. The van der Waals surface area contributed by atoms with E-state index in [2.05, 4.69) is 36.0 Å². The average Bonchev–Trinajstić information content (AvgIpc) is 2.46. The third-order valence-electron chi connectivity index (χ3n) is 3.81. The van der Waals surface area contributed by atoms with Gasteiger partial charge in [0.1, 0.15) is 5.82 Å². The van der Waals surface area contributed by atoms with Gasteiger partial charge in [-0.1, -0.05) is 0 Å². The Kier molecular flexibility index (Phi) is 4.55. The molecule has 0 bridgehead atoms. The van der Waals surface area contributed by atoms with E-state index in [0.717, 1.165) is 13.1 Å². The van der Waals surface area contributed by atoms with Crippen LogP contribution in [0.3, 0.4) is 0 Å². The molecule has 0 saturated carbocycles. The lowest BCUT2D eigenvalue weighted by atomic mass is 10.1. The van der Waals surface area contributed by atoms with Crippen LogP contribution in [0.4, 0.5) is 5.82 Å².